The zero-order valence-electron chi connectivity index (χ0n) is 14.1. The number of sulfonamides is 1. The lowest BCUT2D eigenvalue weighted by atomic mass is 10.1. The summed E-state index contributed by atoms with van der Waals surface area (Å²) in [6.07, 6.45) is -0.397. The highest BCUT2D eigenvalue weighted by molar-refractivity contribution is 7.92. The van der Waals surface area contributed by atoms with Crippen molar-refractivity contribution in [3.8, 4) is 0 Å². The molecule has 2 aromatic carbocycles. The van der Waals surface area contributed by atoms with Crippen molar-refractivity contribution in [2.45, 2.75) is 11.3 Å². The van der Waals surface area contributed by atoms with Gasteiger partial charge in [-0.25, -0.2) is 13.2 Å². The molecule has 0 spiro atoms. The summed E-state index contributed by atoms with van der Waals surface area (Å²) in [5, 5.41) is 2.44. The number of fused-ring (bicyclic) bond motifs is 1. The van der Waals surface area contributed by atoms with Crippen molar-refractivity contribution in [1.29, 1.82) is 0 Å². The first-order chi connectivity index (χ1) is 12.3. The van der Waals surface area contributed by atoms with E-state index in [2.05, 4.69) is 14.8 Å². The zero-order valence-corrected chi connectivity index (χ0v) is 15.0. The maximum absolute atomic E-state index is 12.5. The maximum atomic E-state index is 12.5. The van der Waals surface area contributed by atoms with E-state index in [9.17, 15) is 18.0 Å². The van der Waals surface area contributed by atoms with Crippen molar-refractivity contribution in [2.75, 3.05) is 29.1 Å². The number of likely N-dealkylation sites (N-methyl/N-ethyl adjacent to an activating group) is 1. The lowest BCUT2D eigenvalue weighted by Crippen LogP contribution is -2.20. The number of hydrogen-bond donors (Lipinski definition) is 2. The van der Waals surface area contributed by atoms with Crippen LogP contribution in [-0.2, 0) is 26.0 Å². The second-order valence-corrected chi connectivity index (χ2v) is 7.40. The highest BCUT2D eigenvalue weighted by atomic mass is 32.2. The number of nitrogens with one attached hydrogen (secondary N) is 2. The first kappa shape index (κ1) is 17.7. The minimum atomic E-state index is -3.80. The summed E-state index contributed by atoms with van der Waals surface area (Å²) in [6, 6.07) is 10.6. The Morgan fingerprint density at radius 1 is 1.12 bits per heavy atom. The molecule has 0 fully saturated rings. The standard InChI is InChI=1S/C17H17N3O5S/c1-20-15-8-5-13(9-11(15)10-16(20)21)19-26(23,24)14-6-3-12(4-7-14)18-17(22)25-2/h3-9,19H,10H2,1-2H3,(H,18,22). The predicted octanol–water partition coefficient (Wildman–Crippen LogP) is 2.18. The molecule has 1 heterocycles. The zero-order chi connectivity index (χ0) is 18.9. The summed E-state index contributed by atoms with van der Waals surface area (Å²) in [6.45, 7) is 0. The summed E-state index contributed by atoms with van der Waals surface area (Å²) in [5.41, 5.74) is 2.34. The Bertz CT molecular complexity index is 970. The number of nitrogens with zero attached hydrogens (tertiary/aromatic N) is 1. The van der Waals surface area contributed by atoms with E-state index in [4.69, 9.17) is 0 Å². The van der Waals surface area contributed by atoms with E-state index in [0.717, 1.165) is 11.3 Å². The predicted molar refractivity (Wildman–Crippen MR) is 96.8 cm³/mol. The lowest BCUT2D eigenvalue weighted by Gasteiger charge is -2.12. The maximum Gasteiger partial charge on any atom is 0.411 e. The molecule has 0 radical (unpaired) electrons. The van der Waals surface area contributed by atoms with Crippen LogP contribution in [0.4, 0.5) is 21.9 Å². The third-order valence-corrected chi connectivity index (χ3v) is 5.40. The van der Waals surface area contributed by atoms with Crippen LogP contribution in [0.1, 0.15) is 5.56 Å². The van der Waals surface area contributed by atoms with Gasteiger partial charge < -0.3 is 9.64 Å². The molecular weight excluding hydrogens is 358 g/mol. The molecule has 9 heteroatoms. The second-order valence-electron chi connectivity index (χ2n) is 5.72. The molecular formula is C17H17N3O5S. The number of ether oxygens (including phenoxy) is 1. The molecule has 2 amide bonds. The first-order valence-electron chi connectivity index (χ1n) is 7.67. The number of anilines is 3. The van der Waals surface area contributed by atoms with E-state index in [-0.39, 0.29) is 17.2 Å². The highest BCUT2D eigenvalue weighted by Crippen LogP contribution is 2.30. The van der Waals surface area contributed by atoms with Gasteiger partial charge in [0.05, 0.1) is 18.4 Å². The molecule has 0 aromatic heterocycles. The van der Waals surface area contributed by atoms with Gasteiger partial charge in [0.25, 0.3) is 10.0 Å². The van der Waals surface area contributed by atoms with Crippen molar-refractivity contribution in [2.24, 2.45) is 0 Å². The molecule has 0 saturated heterocycles. The van der Waals surface area contributed by atoms with Crippen LogP contribution < -0.4 is 14.9 Å². The van der Waals surface area contributed by atoms with Gasteiger partial charge in [-0.15, -0.1) is 0 Å². The van der Waals surface area contributed by atoms with Gasteiger partial charge >= 0.3 is 6.09 Å². The van der Waals surface area contributed by atoms with E-state index in [1.54, 1.807) is 30.1 Å². The van der Waals surface area contributed by atoms with Crippen LogP contribution in [0.5, 0.6) is 0 Å². The molecule has 2 aromatic rings. The molecule has 1 aliphatic heterocycles. The van der Waals surface area contributed by atoms with Crippen molar-refractivity contribution in [1.82, 2.24) is 0 Å². The number of rotatable bonds is 4. The fourth-order valence-corrected chi connectivity index (χ4v) is 3.68. The average Bonchev–Trinajstić information content (AvgIpc) is 2.88. The fourth-order valence-electron chi connectivity index (χ4n) is 2.63. The lowest BCUT2D eigenvalue weighted by molar-refractivity contribution is -0.117. The Balaban J connectivity index is 1.78. The molecule has 0 atom stereocenters. The van der Waals surface area contributed by atoms with Gasteiger partial charge in [-0.1, -0.05) is 0 Å². The normalized spacial score (nSPS) is 13.3. The van der Waals surface area contributed by atoms with E-state index < -0.39 is 16.1 Å². The quantitative estimate of drug-likeness (QED) is 0.852. The van der Waals surface area contributed by atoms with Gasteiger partial charge in [-0.3, -0.25) is 14.8 Å². The van der Waals surface area contributed by atoms with Gasteiger partial charge in [0.1, 0.15) is 0 Å². The van der Waals surface area contributed by atoms with E-state index in [1.807, 2.05) is 0 Å². The summed E-state index contributed by atoms with van der Waals surface area (Å²) < 4.78 is 32.0. The number of amides is 2. The summed E-state index contributed by atoms with van der Waals surface area (Å²) >= 11 is 0. The SMILES string of the molecule is COC(=O)Nc1ccc(S(=O)(=O)Nc2ccc3c(c2)CC(=O)N3C)cc1. The van der Waals surface area contributed by atoms with Gasteiger partial charge in [0.15, 0.2) is 0 Å². The number of hydrogen-bond acceptors (Lipinski definition) is 5. The molecule has 0 aliphatic carbocycles. The molecule has 0 saturated carbocycles. The number of benzene rings is 2. The Morgan fingerprint density at radius 2 is 1.77 bits per heavy atom. The number of carbonyl (C=O) groups is 2. The van der Waals surface area contributed by atoms with E-state index in [0.29, 0.717) is 11.4 Å². The summed E-state index contributed by atoms with van der Waals surface area (Å²) in [7, 11) is -0.882. The monoisotopic (exact) mass is 375 g/mol. The fraction of sp³-hybridized carbons (Fsp3) is 0.176. The van der Waals surface area contributed by atoms with Gasteiger partial charge in [-0.05, 0) is 48.0 Å². The Hall–Kier alpha value is -3.07. The summed E-state index contributed by atoms with van der Waals surface area (Å²) in [5.74, 6) is -0.0336. The molecule has 1 aliphatic rings. The molecule has 2 N–H and O–H groups in total. The summed E-state index contributed by atoms with van der Waals surface area (Å²) in [4.78, 5) is 24.5. The van der Waals surface area contributed by atoms with Crippen molar-refractivity contribution >= 4 is 39.1 Å². The third kappa shape index (κ3) is 3.47. The smallest absolute Gasteiger partial charge is 0.411 e. The van der Waals surface area contributed by atoms with Gasteiger partial charge in [0.2, 0.25) is 5.91 Å². The second kappa shape index (κ2) is 6.68. The topological polar surface area (TPSA) is 105 Å². The minimum absolute atomic E-state index is 0.0336. The van der Waals surface area contributed by atoms with Crippen LogP contribution >= 0.6 is 0 Å². The first-order valence-corrected chi connectivity index (χ1v) is 9.16. The van der Waals surface area contributed by atoms with Gasteiger partial charge in [0, 0.05) is 24.1 Å². The van der Waals surface area contributed by atoms with Crippen molar-refractivity contribution in [3.63, 3.8) is 0 Å². The molecule has 8 nitrogen and oxygen atoms in total. The molecule has 0 unspecified atom stereocenters. The molecule has 3 rings (SSSR count). The van der Waals surface area contributed by atoms with E-state index >= 15 is 0 Å². The molecule has 26 heavy (non-hydrogen) atoms. The largest absolute Gasteiger partial charge is 0.453 e. The third-order valence-electron chi connectivity index (χ3n) is 4.01. The van der Waals surface area contributed by atoms with Gasteiger partial charge in [-0.2, -0.15) is 0 Å². The average molecular weight is 375 g/mol. The van der Waals surface area contributed by atoms with Crippen LogP contribution in [0.25, 0.3) is 0 Å². The number of methoxy groups -OCH3 is 1. The van der Waals surface area contributed by atoms with E-state index in [1.165, 1.54) is 31.4 Å². The van der Waals surface area contributed by atoms with Crippen LogP contribution in [0.2, 0.25) is 0 Å². The van der Waals surface area contributed by atoms with Crippen molar-refractivity contribution < 1.29 is 22.7 Å². The highest BCUT2D eigenvalue weighted by Gasteiger charge is 2.24. The Labute approximate surface area is 150 Å². The molecule has 136 valence electrons. The molecule has 0 bridgehead atoms. The number of carbonyl (C=O) groups excluding carboxylic acids is 2. The van der Waals surface area contributed by atoms with Crippen LogP contribution in [0, 0.1) is 0 Å². The Morgan fingerprint density at radius 3 is 2.42 bits per heavy atom. The minimum Gasteiger partial charge on any atom is -0.453 e. The van der Waals surface area contributed by atoms with Crippen molar-refractivity contribution in [3.05, 3.63) is 48.0 Å². The Kier molecular flexibility index (Phi) is 4.56. The van der Waals surface area contributed by atoms with Crippen LogP contribution in [0.3, 0.4) is 0 Å². The van der Waals surface area contributed by atoms with Crippen LogP contribution in [0.15, 0.2) is 47.4 Å². The van der Waals surface area contributed by atoms with Crippen LogP contribution in [-0.4, -0.2) is 34.6 Å².